The van der Waals surface area contributed by atoms with Gasteiger partial charge in [0.05, 0.1) is 22.2 Å². The monoisotopic (exact) mass is 728 g/mol. The summed E-state index contributed by atoms with van der Waals surface area (Å²) in [5.41, 5.74) is 1.55. The number of rotatable bonds is 9. The number of nitrogens with zero attached hydrogens (tertiary/aromatic N) is 5. The topological polar surface area (TPSA) is 120 Å². The Morgan fingerprint density at radius 2 is 1.67 bits per heavy atom. The second-order valence-electron chi connectivity index (χ2n) is 10.3. The smallest absolute Gasteiger partial charge is 0.472 e. The molecule has 0 saturated carbocycles. The number of amidine groups is 1. The molecule has 0 spiro atoms. The Morgan fingerprint density at radius 1 is 1.00 bits per heavy atom. The van der Waals surface area contributed by atoms with Gasteiger partial charge in [-0.2, -0.15) is 4.99 Å². The highest BCUT2D eigenvalue weighted by molar-refractivity contribution is 8.15. The Kier molecular flexibility index (Phi) is 10.3. The quantitative estimate of drug-likeness (QED) is 0.138. The van der Waals surface area contributed by atoms with Gasteiger partial charge in [-0.1, -0.05) is 43.3 Å². The van der Waals surface area contributed by atoms with Crippen molar-refractivity contribution in [2.75, 3.05) is 17.4 Å². The van der Waals surface area contributed by atoms with E-state index in [9.17, 15) is 35.9 Å². The summed E-state index contributed by atoms with van der Waals surface area (Å²) in [7, 11) is 0. The van der Waals surface area contributed by atoms with Crippen LogP contribution >= 0.6 is 23.4 Å². The number of aromatic nitrogens is 3. The highest BCUT2D eigenvalue weighted by Crippen LogP contribution is 2.37. The molecule has 11 nitrogen and oxygen atoms in total. The third-order valence-corrected chi connectivity index (χ3v) is 7.75. The van der Waals surface area contributed by atoms with Crippen LogP contribution in [0.25, 0.3) is 17.1 Å². The van der Waals surface area contributed by atoms with Crippen LogP contribution in [-0.4, -0.2) is 57.1 Å². The molecular formula is C30H23ClF6N6O5S. The van der Waals surface area contributed by atoms with Crippen molar-refractivity contribution >= 4 is 46.2 Å². The van der Waals surface area contributed by atoms with Crippen LogP contribution < -0.4 is 24.4 Å². The van der Waals surface area contributed by atoms with Crippen LogP contribution in [0.15, 0.2) is 72.0 Å². The van der Waals surface area contributed by atoms with Crippen molar-refractivity contribution in [3.63, 3.8) is 0 Å². The predicted octanol–water partition coefficient (Wildman–Crippen LogP) is 7.69. The Labute approximate surface area is 282 Å². The van der Waals surface area contributed by atoms with Crippen LogP contribution in [0.5, 0.6) is 17.2 Å². The van der Waals surface area contributed by atoms with Gasteiger partial charge in [-0.3, -0.25) is 9.69 Å². The lowest BCUT2D eigenvalue weighted by molar-refractivity contribution is -0.275. The summed E-state index contributed by atoms with van der Waals surface area (Å²) in [6.45, 7) is 3.20. The van der Waals surface area contributed by atoms with Crippen LogP contribution in [0.1, 0.15) is 25.3 Å². The Morgan fingerprint density at radius 3 is 2.33 bits per heavy atom. The molecule has 1 aliphatic rings. The zero-order chi connectivity index (χ0) is 35.5. The zero-order valence-electron chi connectivity index (χ0n) is 25.2. The first kappa shape index (κ1) is 35.3. The summed E-state index contributed by atoms with van der Waals surface area (Å²) < 4.78 is 90.6. The maximum absolute atomic E-state index is 12.9. The number of carbonyl (C=O) groups excluding carboxylic acids is 2. The Balaban J connectivity index is 1.22. The fraction of sp³-hybridized carbons (Fsp3) is 0.233. The Bertz CT molecular complexity index is 1880. The van der Waals surface area contributed by atoms with Gasteiger partial charge in [0.1, 0.15) is 23.6 Å². The number of thioether (sulfide) groups is 1. The second-order valence-corrected chi connectivity index (χ2v) is 11.7. The highest BCUT2D eigenvalue weighted by Gasteiger charge is 2.35. The third-order valence-electron chi connectivity index (χ3n) is 6.53. The first-order valence-corrected chi connectivity index (χ1v) is 15.3. The van der Waals surface area contributed by atoms with E-state index in [0.29, 0.717) is 16.8 Å². The molecule has 1 aliphatic heterocycles. The molecule has 1 aromatic heterocycles. The van der Waals surface area contributed by atoms with E-state index in [0.717, 1.165) is 40.9 Å². The number of amides is 3. The van der Waals surface area contributed by atoms with Gasteiger partial charge in [0.15, 0.2) is 17.7 Å². The normalized spacial score (nSPS) is 14.4. The van der Waals surface area contributed by atoms with E-state index in [1.54, 1.807) is 19.9 Å². The molecule has 2 heterocycles. The Hall–Kier alpha value is -4.97. The van der Waals surface area contributed by atoms with Crippen LogP contribution in [0.2, 0.25) is 5.02 Å². The lowest BCUT2D eigenvalue weighted by atomic mass is 10.00. The molecular weight excluding hydrogens is 706 g/mol. The summed E-state index contributed by atoms with van der Waals surface area (Å²) in [6.07, 6.45) is -8.40. The lowest BCUT2D eigenvalue weighted by Gasteiger charge is -2.22. The van der Waals surface area contributed by atoms with Crippen molar-refractivity contribution < 1.29 is 50.1 Å². The van der Waals surface area contributed by atoms with Crippen LogP contribution in [0.3, 0.4) is 0 Å². The molecule has 3 amide bonds. The van der Waals surface area contributed by atoms with Gasteiger partial charge in [-0.15, -0.1) is 31.4 Å². The average Bonchev–Trinajstić information content (AvgIpc) is 3.63. The SMILES string of the molecule is CC(C)c1ccc(OC(F)(F)F)cc1N1C(=O)CSC1=NC(=O)NCOc1ccc(-c2ncn(-c3ccc(OC(F)(F)F)cc3)n2)cc1Cl. The van der Waals surface area contributed by atoms with Gasteiger partial charge in [0.25, 0.3) is 0 Å². The van der Waals surface area contributed by atoms with E-state index in [-0.39, 0.29) is 51.6 Å². The highest BCUT2D eigenvalue weighted by atomic mass is 35.5. The number of halogens is 7. The number of urea groups is 1. The molecule has 19 heteroatoms. The van der Waals surface area contributed by atoms with E-state index < -0.39 is 30.4 Å². The summed E-state index contributed by atoms with van der Waals surface area (Å²) in [6, 6.07) is 12.3. The maximum atomic E-state index is 12.9. The number of hydrogen-bond acceptors (Lipinski definition) is 8. The summed E-state index contributed by atoms with van der Waals surface area (Å²) >= 11 is 7.30. The van der Waals surface area contributed by atoms with Gasteiger partial charge in [-0.05, 0) is 60.0 Å². The van der Waals surface area contributed by atoms with E-state index in [4.69, 9.17) is 16.3 Å². The van der Waals surface area contributed by atoms with Crippen molar-refractivity contribution in [1.29, 1.82) is 0 Å². The van der Waals surface area contributed by atoms with E-state index in [2.05, 4.69) is 29.9 Å². The zero-order valence-corrected chi connectivity index (χ0v) is 26.7. The van der Waals surface area contributed by atoms with Crippen molar-refractivity contribution in [3.05, 3.63) is 77.6 Å². The minimum atomic E-state index is -4.95. The number of carbonyl (C=O) groups is 2. The summed E-state index contributed by atoms with van der Waals surface area (Å²) in [5.74, 6) is -1.27. The fourth-order valence-corrected chi connectivity index (χ4v) is 5.56. The molecule has 1 saturated heterocycles. The molecule has 0 atom stereocenters. The molecule has 1 N–H and O–H groups in total. The predicted molar refractivity (Wildman–Crippen MR) is 167 cm³/mol. The van der Waals surface area contributed by atoms with E-state index in [1.165, 1.54) is 41.3 Å². The molecule has 1 fully saturated rings. The van der Waals surface area contributed by atoms with Gasteiger partial charge >= 0.3 is 18.8 Å². The van der Waals surface area contributed by atoms with Crippen LogP contribution in [0.4, 0.5) is 36.8 Å². The molecule has 0 aliphatic carbocycles. The van der Waals surface area contributed by atoms with E-state index in [1.807, 2.05) is 0 Å². The number of ether oxygens (including phenoxy) is 3. The van der Waals surface area contributed by atoms with Crippen molar-refractivity contribution in [2.24, 2.45) is 4.99 Å². The van der Waals surface area contributed by atoms with Crippen LogP contribution in [0, 0.1) is 0 Å². The number of hydrogen-bond donors (Lipinski definition) is 1. The minimum Gasteiger partial charge on any atom is -0.472 e. The van der Waals surface area contributed by atoms with Crippen LogP contribution in [-0.2, 0) is 4.79 Å². The number of alkyl halides is 6. The summed E-state index contributed by atoms with van der Waals surface area (Å²) in [4.78, 5) is 34.6. The average molecular weight is 729 g/mol. The van der Waals surface area contributed by atoms with Gasteiger partial charge < -0.3 is 19.5 Å². The number of nitrogens with one attached hydrogen (secondary N) is 1. The largest absolute Gasteiger partial charge is 0.573 e. The van der Waals surface area contributed by atoms with Gasteiger partial charge in [-0.25, -0.2) is 14.5 Å². The lowest BCUT2D eigenvalue weighted by Crippen LogP contribution is -2.33. The first-order valence-electron chi connectivity index (χ1n) is 14.0. The first-order chi connectivity index (χ1) is 23.1. The van der Waals surface area contributed by atoms with E-state index >= 15 is 0 Å². The minimum absolute atomic E-state index is 0.0477. The molecule has 0 unspecified atom stereocenters. The number of benzene rings is 3. The van der Waals surface area contributed by atoms with Crippen molar-refractivity contribution in [3.8, 4) is 34.3 Å². The molecule has 5 rings (SSSR count). The molecule has 258 valence electrons. The molecule has 0 bridgehead atoms. The third kappa shape index (κ3) is 9.14. The molecule has 49 heavy (non-hydrogen) atoms. The van der Waals surface area contributed by atoms with Crippen molar-refractivity contribution in [1.82, 2.24) is 20.1 Å². The number of aliphatic imine (C=N–C) groups is 1. The van der Waals surface area contributed by atoms with Gasteiger partial charge in [0, 0.05) is 11.6 Å². The number of anilines is 1. The fourth-order valence-electron chi connectivity index (χ4n) is 4.46. The molecule has 3 aromatic carbocycles. The second kappa shape index (κ2) is 14.3. The maximum Gasteiger partial charge on any atom is 0.573 e. The van der Waals surface area contributed by atoms with Gasteiger partial charge in [0.2, 0.25) is 5.91 Å². The summed E-state index contributed by atoms with van der Waals surface area (Å²) in [5, 5.41) is 6.80. The van der Waals surface area contributed by atoms with Crippen molar-refractivity contribution in [2.45, 2.75) is 32.5 Å². The molecule has 4 aromatic rings. The molecule has 0 radical (unpaired) electrons. The standard InChI is InChI=1S/C30H23ClF6N6O5S/c1-16(2)21-9-8-20(48-30(35,36)37)12-23(21)43-25(44)13-49-28(43)40-27(45)39-15-46-24-10-3-17(11-22(24)31)26-38-14-42(41-26)18-4-6-19(7-5-18)47-29(32,33)34/h3-12,14,16H,13,15H2,1-2H3,(H,39,45).